The highest BCUT2D eigenvalue weighted by molar-refractivity contribution is 7.98. The molecule has 0 unspecified atom stereocenters. The number of imidazole rings is 1. The first-order chi connectivity index (χ1) is 19.5. The predicted octanol–water partition coefficient (Wildman–Crippen LogP) is 7.87. The summed E-state index contributed by atoms with van der Waals surface area (Å²) in [5.74, 6) is -1.41. The van der Waals surface area contributed by atoms with Crippen LogP contribution in [0.3, 0.4) is 0 Å². The van der Waals surface area contributed by atoms with Gasteiger partial charge in [0.15, 0.2) is 10.9 Å². The van der Waals surface area contributed by atoms with E-state index in [0.717, 1.165) is 11.3 Å². The molecule has 1 aromatic heterocycles. The quantitative estimate of drug-likeness (QED) is 0.132. The van der Waals surface area contributed by atoms with Gasteiger partial charge in [0.2, 0.25) is 0 Å². The van der Waals surface area contributed by atoms with Gasteiger partial charge >= 0.3 is 5.97 Å². The number of aromatic nitrogens is 2. The van der Waals surface area contributed by atoms with Crippen molar-refractivity contribution in [1.82, 2.24) is 9.55 Å². The SMILES string of the molecule is COc1cc(C(C)(C)c2cnc(SCc3ccc(C(=O)CCCC(=O)O)cc3F)n2-c2ccc(F)cc2)ccc1Cl. The molecule has 41 heavy (non-hydrogen) atoms. The van der Waals surface area contributed by atoms with Crippen LogP contribution in [0.2, 0.25) is 5.02 Å². The molecule has 6 nitrogen and oxygen atoms in total. The highest BCUT2D eigenvalue weighted by Gasteiger charge is 2.30. The van der Waals surface area contributed by atoms with E-state index in [1.807, 2.05) is 30.5 Å². The van der Waals surface area contributed by atoms with Crippen molar-refractivity contribution in [3.63, 3.8) is 0 Å². The summed E-state index contributed by atoms with van der Waals surface area (Å²) < 4.78 is 36.1. The number of halogens is 3. The zero-order valence-electron chi connectivity index (χ0n) is 22.8. The van der Waals surface area contributed by atoms with Crippen molar-refractivity contribution < 1.29 is 28.2 Å². The molecule has 0 aliphatic carbocycles. The van der Waals surface area contributed by atoms with Crippen molar-refractivity contribution in [2.75, 3.05) is 7.11 Å². The second-order valence-corrected chi connectivity index (χ2v) is 11.3. The van der Waals surface area contributed by atoms with Gasteiger partial charge in [-0.15, -0.1) is 0 Å². The first-order valence-electron chi connectivity index (χ1n) is 12.9. The van der Waals surface area contributed by atoms with Crippen LogP contribution in [-0.2, 0) is 16.0 Å². The van der Waals surface area contributed by atoms with E-state index >= 15 is 4.39 Å². The number of nitrogens with zero attached hydrogens (tertiary/aromatic N) is 2. The molecule has 0 saturated carbocycles. The Morgan fingerprint density at radius 2 is 1.78 bits per heavy atom. The molecule has 0 saturated heterocycles. The maximum atomic E-state index is 15.0. The number of ether oxygens (including phenoxy) is 1. The molecular formula is C31H29ClF2N2O4S. The van der Waals surface area contributed by atoms with Crippen LogP contribution in [0.15, 0.2) is 72.0 Å². The summed E-state index contributed by atoms with van der Waals surface area (Å²) >= 11 is 7.57. The average molecular weight is 599 g/mol. The lowest BCUT2D eigenvalue weighted by Gasteiger charge is -2.28. The second-order valence-electron chi connectivity index (χ2n) is 9.98. The fourth-order valence-corrected chi connectivity index (χ4v) is 5.61. The van der Waals surface area contributed by atoms with E-state index in [9.17, 15) is 14.0 Å². The minimum atomic E-state index is -0.977. The number of ketones is 1. The van der Waals surface area contributed by atoms with Crippen LogP contribution in [0.4, 0.5) is 8.78 Å². The second kappa shape index (κ2) is 12.9. The highest BCUT2D eigenvalue weighted by Crippen LogP contribution is 2.39. The third kappa shape index (κ3) is 6.97. The number of rotatable bonds is 12. The zero-order valence-corrected chi connectivity index (χ0v) is 24.4. The number of carbonyl (C=O) groups is 2. The molecule has 0 bridgehead atoms. The number of carbonyl (C=O) groups excluding carboxylic acids is 1. The minimum absolute atomic E-state index is 0.0347. The van der Waals surface area contributed by atoms with Crippen molar-refractivity contribution >= 4 is 35.1 Å². The largest absolute Gasteiger partial charge is 0.495 e. The van der Waals surface area contributed by atoms with Gasteiger partial charge in [0.25, 0.3) is 0 Å². The van der Waals surface area contributed by atoms with E-state index in [-0.39, 0.29) is 42.2 Å². The lowest BCUT2D eigenvalue weighted by atomic mass is 9.81. The lowest BCUT2D eigenvalue weighted by molar-refractivity contribution is -0.137. The molecule has 4 aromatic rings. The number of thioether (sulfide) groups is 1. The van der Waals surface area contributed by atoms with Gasteiger partial charge in [-0.1, -0.05) is 55.4 Å². The van der Waals surface area contributed by atoms with Gasteiger partial charge in [-0.05, 0) is 60.0 Å². The molecule has 3 aromatic carbocycles. The number of aliphatic carboxylic acids is 1. The normalized spacial score (nSPS) is 11.5. The van der Waals surface area contributed by atoms with Gasteiger partial charge in [0, 0.05) is 35.3 Å². The van der Waals surface area contributed by atoms with Crippen molar-refractivity contribution in [3.05, 3.63) is 106 Å². The van der Waals surface area contributed by atoms with Crippen LogP contribution in [0.25, 0.3) is 5.69 Å². The molecule has 0 spiro atoms. The monoisotopic (exact) mass is 598 g/mol. The van der Waals surface area contributed by atoms with Crippen molar-refractivity contribution in [2.45, 2.75) is 49.4 Å². The van der Waals surface area contributed by atoms with Crippen molar-refractivity contribution in [3.8, 4) is 11.4 Å². The van der Waals surface area contributed by atoms with E-state index in [1.54, 1.807) is 43.6 Å². The van der Waals surface area contributed by atoms with E-state index in [1.165, 1.54) is 30.0 Å². The van der Waals surface area contributed by atoms with Gasteiger partial charge in [-0.2, -0.15) is 0 Å². The lowest BCUT2D eigenvalue weighted by Crippen LogP contribution is -2.23. The summed E-state index contributed by atoms with van der Waals surface area (Å²) in [7, 11) is 1.55. The van der Waals surface area contributed by atoms with E-state index in [4.69, 9.17) is 21.4 Å². The number of benzene rings is 3. The Labute approximate surface area is 246 Å². The Morgan fingerprint density at radius 3 is 2.44 bits per heavy atom. The van der Waals surface area contributed by atoms with E-state index in [0.29, 0.717) is 27.2 Å². The predicted molar refractivity (Wildman–Crippen MR) is 155 cm³/mol. The fraction of sp³-hybridized carbons (Fsp3) is 0.258. The van der Waals surface area contributed by atoms with Crippen LogP contribution >= 0.6 is 23.4 Å². The van der Waals surface area contributed by atoms with Crippen molar-refractivity contribution in [1.29, 1.82) is 0 Å². The first kappa shape index (κ1) is 30.3. The van der Waals surface area contributed by atoms with Crippen LogP contribution in [0.1, 0.15) is 60.3 Å². The molecule has 0 aliphatic heterocycles. The number of methoxy groups -OCH3 is 1. The smallest absolute Gasteiger partial charge is 0.303 e. The Hall–Kier alpha value is -3.69. The first-order valence-corrected chi connectivity index (χ1v) is 14.2. The molecule has 0 fully saturated rings. The van der Waals surface area contributed by atoms with E-state index < -0.39 is 17.2 Å². The molecule has 1 heterocycles. The van der Waals surface area contributed by atoms with Crippen LogP contribution in [0.5, 0.6) is 5.75 Å². The molecule has 0 atom stereocenters. The maximum Gasteiger partial charge on any atom is 0.303 e. The number of hydrogen-bond donors (Lipinski definition) is 1. The molecule has 4 rings (SSSR count). The number of hydrogen-bond acceptors (Lipinski definition) is 5. The number of carboxylic acids is 1. The number of carboxylic acid groups (broad SMARTS) is 1. The summed E-state index contributed by atoms with van der Waals surface area (Å²) in [4.78, 5) is 27.7. The van der Waals surface area contributed by atoms with Gasteiger partial charge in [0.1, 0.15) is 17.4 Å². The molecule has 0 aliphatic rings. The molecule has 0 amide bonds. The molecule has 214 valence electrons. The van der Waals surface area contributed by atoms with Crippen LogP contribution in [0, 0.1) is 11.6 Å². The molecule has 0 radical (unpaired) electrons. The summed E-state index contributed by atoms with van der Waals surface area (Å²) in [6.07, 6.45) is 1.87. The zero-order chi connectivity index (χ0) is 29.7. The Balaban J connectivity index is 1.63. The third-order valence-electron chi connectivity index (χ3n) is 6.85. The summed E-state index contributed by atoms with van der Waals surface area (Å²) in [6, 6.07) is 15.9. The van der Waals surface area contributed by atoms with Gasteiger partial charge in [-0.25, -0.2) is 13.8 Å². The Kier molecular flexibility index (Phi) is 9.50. The summed E-state index contributed by atoms with van der Waals surface area (Å²) in [6.45, 7) is 4.07. The van der Waals surface area contributed by atoms with Gasteiger partial charge < -0.3 is 9.84 Å². The van der Waals surface area contributed by atoms with Crippen molar-refractivity contribution in [2.24, 2.45) is 0 Å². The number of Topliss-reactive ketones (excluding diaryl/α,β-unsaturated/α-hetero) is 1. The van der Waals surface area contributed by atoms with Gasteiger partial charge in [0.05, 0.1) is 24.0 Å². The maximum absolute atomic E-state index is 15.0. The summed E-state index contributed by atoms with van der Waals surface area (Å²) in [5, 5.41) is 9.83. The molecule has 10 heteroatoms. The highest BCUT2D eigenvalue weighted by atomic mass is 35.5. The Morgan fingerprint density at radius 1 is 1.05 bits per heavy atom. The minimum Gasteiger partial charge on any atom is -0.495 e. The van der Waals surface area contributed by atoms with Crippen LogP contribution < -0.4 is 4.74 Å². The molecular weight excluding hydrogens is 570 g/mol. The summed E-state index contributed by atoms with van der Waals surface area (Å²) in [5.41, 5.74) is 2.45. The standard InChI is InChI=1S/C31H29ClF2N2O4S/c1-31(2,21-9-14-24(32)27(16-21)40-3)28-17-35-30(36(28)23-12-10-22(33)11-13-23)41-18-20-8-7-19(15-25(20)34)26(37)5-4-6-29(38)39/h7-17H,4-6,18H2,1-3H3,(H,38,39). The van der Waals surface area contributed by atoms with Gasteiger partial charge in [-0.3, -0.25) is 14.2 Å². The fourth-order valence-electron chi connectivity index (χ4n) is 4.44. The topological polar surface area (TPSA) is 81.4 Å². The van der Waals surface area contributed by atoms with E-state index in [2.05, 4.69) is 4.98 Å². The third-order valence-corrected chi connectivity index (χ3v) is 8.17. The Bertz CT molecular complexity index is 1570. The average Bonchev–Trinajstić information content (AvgIpc) is 3.37. The molecule has 1 N–H and O–H groups in total. The van der Waals surface area contributed by atoms with Crippen LogP contribution in [-0.4, -0.2) is 33.5 Å².